The fourth-order valence-electron chi connectivity index (χ4n) is 8.05. The van der Waals surface area contributed by atoms with Gasteiger partial charge in [-0.05, 0) is 76.5 Å². The van der Waals surface area contributed by atoms with Crippen molar-refractivity contribution in [1.82, 2.24) is 19.9 Å². The van der Waals surface area contributed by atoms with Gasteiger partial charge in [0.15, 0.2) is 23.1 Å². The number of furan rings is 1. The number of benzene rings is 8. The molecule has 0 fully saturated rings. The van der Waals surface area contributed by atoms with Gasteiger partial charge in [-0.1, -0.05) is 115 Å². The highest BCUT2D eigenvalue weighted by atomic mass is 32.1. The lowest BCUT2D eigenvalue weighted by molar-refractivity contribution is 0.623. The Balaban J connectivity index is 1.09. The molecule has 0 aliphatic heterocycles. The summed E-state index contributed by atoms with van der Waals surface area (Å²) in [7, 11) is 0. The van der Waals surface area contributed by atoms with Crippen LogP contribution in [0.1, 0.15) is 0 Å². The van der Waals surface area contributed by atoms with E-state index < -0.39 is 0 Å². The van der Waals surface area contributed by atoms with Crippen molar-refractivity contribution in [3.8, 4) is 56.7 Å². The van der Waals surface area contributed by atoms with Crippen LogP contribution in [0.4, 0.5) is 0 Å². The third-order valence-electron chi connectivity index (χ3n) is 10.8. The van der Waals surface area contributed by atoms with Crippen molar-refractivity contribution >= 4 is 75.3 Å². The number of fused-ring (bicyclic) bond motifs is 10. The number of oxazole rings is 1. The fourth-order valence-corrected chi connectivity index (χ4v) is 9.17. The van der Waals surface area contributed by atoms with Gasteiger partial charge < -0.3 is 8.83 Å². The van der Waals surface area contributed by atoms with Gasteiger partial charge in [0.2, 0.25) is 5.89 Å². The van der Waals surface area contributed by atoms with Crippen LogP contribution in [0.5, 0.6) is 0 Å². The number of thiophene rings is 1. The van der Waals surface area contributed by atoms with E-state index in [0.29, 0.717) is 23.4 Å². The molecule has 12 rings (SSSR count). The van der Waals surface area contributed by atoms with Gasteiger partial charge >= 0.3 is 0 Å². The maximum absolute atomic E-state index is 6.58. The molecule has 57 heavy (non-hydrogen) atoms. The first kappa shape index (κ1) is 31.8. The van der Waals surface area contributed by atoms with Crippen LogP contribution < -0.4 is 0 Å². The minimum absolute atomic E-state index is 0.542. The summed E-state index contributed by atoms with van der Waals surface area (Å²) < 4.78 is 15.4. The van der Waals surface area contributed by atoms with Gasteiger partial charge in [-0.25, -0.2) is 19.9 Å². The third kappa shape index (κ3) is 5.17. The van der Waals surface area contributed by atoms with E-state index in [2.05, 4.69) is 103 Å². The standard InChI is InChI=1S/C50H28N4O2S/c1-3-11-29(12-4-1)32-15-9-16-33(27-32)47-52-48(54-49(53-47)37-19-10-18-36-35-17-7-8-20-40(35)55-45(36)37)34-22-21-30-23-25-41-43(38(30)28-34)44-42(57-41)26-24-39-46(44)56-50(51-39)31-13-5-2-6-14-31/h1-28H. The van der Waals surface area contributed by atoms with Crippen LogP contribution in [0.25, 0.3) is 121 Å². The Kier molecular flexibility index (Phi) is 7.00. The first-order valence-corrected chi connectivity index (χ1v) is 19.6. The summed E-state index contributed by atoms with van der Waals surface area (Å²) in [4.78, 5) is 20.5. The maximum Gasteiger partial charge on any atom is 0.227 e. The lowest BCUT2D eigenvalue weighted by atomic mass is 10.0. The molecule has 0 spiro atoms. The van der Waals surface area contributed by atoms with Crippen LogP contribution in [0.2, 0.25) is 0 Å². The molecule has 8 aromatic carbocycles. The zero-order chi connectivity index (χ0) is 37.5. The van der Waals surface area contributed by atoms with Crippen molar-refractivity contribution in [3.05, 3.63) is 170 Å². The molecule has 0 saturated heterocycles. The smallest absolute Gasteiger partial charge is 0.227 e. The highest BCUT2D eigenvalue weighted by Crippen LogP contribution is 2.44. The molecule has 0 radical (unpaired) electrons. The SMILES string of the molecule is c1ccc(-c2cccc(-c3nc(-c4ccc5ccc6sc7ccc8nc(-c9ccccc9)oc8c7c6c5c4)nc(-c4cccc5c4oc4ccccc45)n3)c2)cc1. The Morgan fingerprint density at radius 3 is 1.89 bits per heavy atom. The zero-order valence-electron chi connectivity index (χ0n) is 30.2. The molecule has 0 saturated carbocycles. The van der Waals surface area contributed by atoms with E-state index in [0.717, 1.165) is 92.7 Å². The zero-order valence-corrected chi connectivity index (χ0v) is 31.0. The average Bonchev–Trinajstić information content (AvgIpc) is 4.00. The van der Waals surface area contributed by atoms with Crippen LogP contribution in [0.3, 0.4) is 0 Å². The summed E-state index contributed by atoms with van der Waals surface area (Å²) in [6.45, 7) is 0. The van der Waals surface area contributed by atoms with Gasteiger partial charge in [0.05, 0.1) is 5.56 Å². The molecule has 0 unspecified atom stereocenters. The molecular formula is C50H28N4O2S. The topological polar surface area (TPSA) is 77.8 Å². The van der Waals surface area contributed by atoms with E-state index in [4.69, 9.17) is 28.8 Å². The monoisotopic (exact) mass is 748 g/mol. The molecule has 7 heteroatoms. The van der Waals surface area contributed by atoms with Crippen LogP contribution in [0, 0.1) is 0 Å². The predicted octanol–water partition coefficient (Wildman–Crippen LogP) is 13.8. The largest absolute Gasteiger partial charge is 0.455 e. The van der Waals surface area contributed by atoms with Crippen LogP contribution in [-0.2, 0) is 0 Å². The van der Waals surface area contributed by atoms with Crippen molar-refractivity contribution in [2.75, 3.05) is 0 Å². The summed E-state index contributed by atoms with van der Waals surface area (Å²) in [5, 5.41) is 6.48. The van der Waals surface area contributed by atoms with Gasteiger partial charge in [0, 0.05) is 47.6 Å². The highest BCUT2D eigenvalue weighted by Gasteiger charge is 2.20. The molecule has 12 aromatic rings. The number of hydrogen-bond acceptors (Lipinski definition) is 7. The van der Waals surface area contributed by atoms with Crippen molar-refractivity contribution in [3.63, 3.8) is 0 Å². The van der Waals surface area contributed by atoms with Crippen molar-refractivity contribution < 1.29 is 8.83 Å². The van der Waals surface area contributed by atoms with Crippen LogP contribution in [0.15, 0.2) is 179 Å². The molecule has 266 valence electrons. The second kappa shape index (κ2) is 12.5. The first-order chi connectivity index (χ1) is 28.2. The second-order valence-corrected chi connectivity index (χ2v) is 15.3. The Hall–Kier alpha value is -7.48. The Bertz CT molecular complexity index is 3530. The lowest BCUT2D eigenvalue weighted by Gasteiger charge is -2.11. The number of para-hydroxylation sites is 2. The van der Waals surface area contributed by atoms with Gasteiger partial charge in [0.25, 0.3) is 0 Å². The molecule has 0 amide bonds. The van der Waals surface area contributed by atoms with Gasteiger partial charge in [-0.2, -0.15) is 0 Å². The molecule has 4 aromatic heterocycles. The molecule has 6 nitrogen and oxygen atoms in total. The molecular weight excluding hydrogens is 721 g/mol. The van der Waals surface area contributed by atoms with Crippen LogP contribution >= 0.6 is 11.3 Å². The van der Waals surface area contributed by atoms with E-state index in [1.165, 1.54) is 4.70 Å². The molecule has 0 atom stereocenters. The maximum atomic E-state index is 6.58. The number of rotatable bonds is 5. The Labute approximate surface area is 329 Å². The average molecular weight is 749 g/mol. The van der Waals surface area contributed by atoms with Gasteiger partial charge in [0.1, 0.15) is 16.7 Å². The fraction of sp³-hybridized carbons (Fsp3) is 0. The second-order valence-electron chi connectivity index (χ2n) is 14.2. The van der Waals surface area contributed by atoms with Gasteiger partial charge in [-0.3, -0.25) is 0 Å². The summed E-state index contributed by atoms with van der Waals surface area (Å²) >= 11 is 1.76. The predicted molar refractivity (Wildman–Crippen MR) is 232 cm³/mol. The molecule has 0 bridgehead atoms. The summed E-state index contributed by atoms with van der Waals surface area (Å²) in [6, 6.07) is 58.2. The molecule has 0 aliphatic carbocycles. The lowest BCUT2D eigenvalue weighted by Crippen LogP contribution is -2.00. The van der Waals surface area contributed by atoms with Crippen LogP contribution in [-0.4, -0.2) is 19.9 Å². The van der Waals surface area contributed by atoms with Crippen molar-refractivity contribution in [2.24, 2.45) is 0 Å². The molecule has 4 heterocycles. The first-order valence-electron chi connectivity index (χ1n) is 18.8. The summed E-state index contributed by atoms with van der Waals surface area (Å²) in [5.41, 5.74) is 8.93. The minimum atomic E-state index is 0.542. The number of aromatic nitrogens is 4. The number of hydrogen-bond donors (Lipinski definition) is 0. The Morgan fingerprint density at radius 1 is 0.386 bits per heavy atom. The number of nitrogens with zero attached hydrogens (tertiary/aromatic N) is 4. The van der Waals surface area contributed by atoms with E-state index >= 15 is 0 Å². The minimum Gasteiger partial charge on any atom is -0.455 e. The van der Waals surface area contributed by atoms with Crippen molar-refractivity contribution in [2.45, 2.75) is 0 Å². The van der Waals surface area contributed by atoms with E-state index in [1.807, 2.05) is 66.7 Å². The molecule has 0 N–H and O–H groups in total. The third-order valence-corrected chi connectivity index (χ3v) is 11.9. The van der Waals surface area contributed by atoms with Crippen molar-refractivity contribution in [1.29, 1.82) is 0 Å². The normalized spacial score (nSPS) is 11.9. The Morgan fingerprint density at radius 2 is 1.04 bits per heavy atom. The molecule has 0 aliphatic rings. The highest BCUT2D eigenvalue weighted by molar-refractivity contribution is 7.26. The van der Waals surface area contributed by atoms with E-state index in [-0.39, 0.29) is 0 Å². The summed E-state index contributed by atoms with van der Waals surface area (Å²) in [6.07, 6.45) is 0. The summed E-state index contributed by atoms with van der Waals surface area (Å²) in [5.74, 6) is 2.31. The van der Waals surface area contributed by atoms with E-state index in [1.54, 1.807) is 11.3 Å². The van der Waals surface area contributed by atoms with Gasteiger partial charge in [-0.15, -0.1) is 11.3 Å². The quantitative estimate of drug-likeness (QED) is 0.174. The van der Waals surface area contributed by atoms with E-state index in [9.17, 15) is 0 Å².